The highest BCUT2D eigenvalue weighted by atomic mass is 35.5. The van der Waals surface area contributed by atoms with Crippen molar-refractivity contribution in [2.45, 2.75) is 12.5 Å². The Balaban J connectivity index is 0.00000243. The molecule has 140 valence electrons. The van der Waals surface area contributed by atoms with E-state index < -0.39 is 0 Å². The molecule has 1 atom stereocenters. The Morgan fingerprint density at radius 3 is 2.88 bits per heavy atom. The van der Waals surface area contributed by atoms with Crippen LogP contribution in [0.2, 0.25) is 5.02 Å². The number of carbonyl (C=O) groups excluding carboxylic acids is 1. The molecule has 1 aliphatic rings. The van der Waals surface area contributed by atoms with E-state index in [1.54, 1.807) is 36.3 Å². The highest BCUT2D eigenvalue weighted by molar-refractivity contribution is 6.30. The minimum Gasteiger partial charge on any atom is -0.496 e. The van der Waals surface area contributed by atoms with Crippen molar-refractivity contribution in [2.24, 2.45) is 0 Å². The number of piperazine rings is 1. The molecule has 3 rings (SSSR count). The van der Waals surface area contributed by atoms with E-state index >= 15 is 0 Å². The Hall–Kier alpha value is -1.82. The van der Waals surface area contributed by atoms with Crippen LogP contribution in [0.1, 0.15) is 17.2 Å². The zero-order valence-electron chi connectivity index (χ0n) is 14.4. The summed E-state index contributed by atoms with van der Waals surface area (Å²) in [6, 6.07) is 11.4. The van der Waals surface area contributed by atoms with E-state index in [1.165, 1.54) is 12.1 Å². The Morgan fingerprint density at radius 2 is 2.15 bits per heavy atom. The van der Waals surface area contributed by atoms with Gasteiger partial charge in [-0.15, -0.1) is 12.4 Å². The summed E-state index contributed by atoms with van der Waals surface area (Å²) in [5.74, 6) is 0.304. The van der Waals surface area contributed by atoms with Crippen molar-refractivity contribution < 1.29 is 13.9 Å². The SMILES string of the molecule is COc1ccc(Cl)cc1CC(=O)N1CCNCC1c1cccc(F)c1.Cl. The molecule has 0 aromatic heterocycles. The molecule has 1 fully saturated rings. The van der Waals surface area contributed by atoms with Crippen molar-refractivity contribution in [3.63, 3.8) is 0 Å². The normalized spacial score (nSPS) is 16.7. The van der Waals surface area contributed by atoms with Gasteiger partial charge in [0.25, 0.3) is 0 Å². The number of benzene rings is 2. The monoisotopic (exact) mass is 398 g/mol. The van der Waals surface area contributed by atoms with Gasteiger partial charge in [0, 0.05) is 30.2 Å². The van der Waals surface area contributed by atoms with Gasteiger partial charge in [-0.3, -0.25) is 4.79 Å². The van der Waals surface area contributed by atoms with Gasteiger partial charge in [0.2, 0.25) is 5.91 Å². The third-order valence-electron chi connectivity index (χ3n) is 4.38. The summed E-state index contributed by atoms with van der Waals surface area (Å²) in [4.78, 5) is 14.7. The number of halogens is 3. The lowest BCUT2D eigenvalue weighted by Crippen LogP contribution is -2.49. The zero-order valence-corrected chi connectivity index (χ0v) is 15.9. The average molecular weight is 399 g/mol. The fourth-order valence-corrected chi connectivity index (χ4v) is 3.36. The summed E-state index contributed by atoms with van der Waals surface area (Å²) in [5.41, 5.74) is 1.54. The van der Waals surface area contributed by atoms with Crippen LogP contribution in [0.4, 0.5) is 4.39 Å². The van der Waals surface area contributed by atoms with Crippen molar-refractivity contribution in [1.82, 2.24) is 10.2 Å². The molecule has 2 aromatic rings. The molecular formula is C19H21Cl2FN2O2. The van der Waals surface area contributed by atoms with E-state index in [-0.39, 0.29) is 36.6 Å². The van der Waals surface area contributed by atoms with Crippen molar-refractivity contribution in [1.29, 1.82) is 0 Å². The fraction of sp³-hybridized carbons (Fsp3) is 0.316. The third kappa shape index (κ3) is 4.67. The van der Waals surface area contributed by atoms with Crippen molar-refractivity contribution in [2.75, 3.05) is 26.7 Å². The predicted octanol–water partition coefficient (Wildman–Crippen LogP) is 3.63. The molecule has 1 amide bonds. The minimum absolute atomic E-state index is 0. The van der Waals surface area contributed by atoms with Crippen molar-refractivity contribution in [3.05, 3.63) is 64.4 Å². The Morgan fingerprint density at radius 1 is 1.35 bits per heavy atom. The van der Waals surface area contributed by atoms with Gasteiger partial charge in [-0.25, -0.2) is 4.39 Å². The van der Waals surface area contributed by atoms with Crippen LogP contribution < -0.4 is 10.1 Å². The van der Waals surface area contributed by atoms with E-state index in [0.717, 1.165) is 11.1 Å². The van der Waals surface area contributed by atoms with Gasteiger partial charge in [-0.2, -0.15) is 0 Å². The third-order valence-corrected chi connectivity index (χ3v) is 4.62. The van der Waals surface area contributed by atoms with Gasteiger partial charge in [-0.1, -0.05) is 23.7 Å². The molecule has 1 saturated heterocycles. The maximum Gasteiger partial charge on any atom is 0.227 e. The number of ether oxygens (including phenoxy) is 1. The van der Waals surface area contributed by atoms with Gasteiger partial charge in [-0.05, 0) is 35.9 Å². The molecule has 0 bridgehead atoms. The van der Waals surface area contributed by atoms with E-state index in [9.17, 15) is 9.18 Å². The average Bonchev–Trinajstić information content (AvgIpc) is 2.62. The molecule has 1 aliphatic heterocycles. The summed E-state index contributed by atoms with van der Waals surface area (Å²) in [6.45, 7) is 1.88. The highest BCUT2D eigenvalue weighted by Gasteiger charge is 2.28. The summed E-state index contributed by atoms with van der Waals surface area (Å²) < 4.78 is 18.9. The first-order valence-corrected chi connectivity index (χ1v) is 8.54. The molecule has 0 radical (unpaired) electrons. The Bertz CT molecular complexity index is 773. The Labute approximate surface area is 163 Å². The maximum absolute atomic E-state index is 13.6. The van der Waals surface area contributed by atoms with Gasteiger partial charge < -0.3 is 15.0 Å². The second kappa shape index (κ2) is 9.21. The molecule has 2 aromatic carbocycles. The predicted molar refractivity (Wildman–Crippen MR) is 103 cm³/mol. The van der Waals surface area contributed by atoms with Crippen LogP contribution in [-0.2, 0) is 11.2 Å². The van der Waals surface area contributed by atoms with E-state index in [4.69, 9.17) is 16.3 Å². The standard InChI is InChI=1S/C19H20ClFN2O2.ClH/c1-25-18-6-5-15(20)9-14(18)11-19(24)23-8-7-22-12-17(23)13-3-2-4-16(21)10-13;/h2-6,9-10,17,22H,7-8,11-12H2,1H3;1H. The largest absolute Gasteiger partial charge is 0.496 e. The second-order valence-electron chi connectivity index (χ2n) is 6.00. The van der Waals surface area contributed by atoms with E-state index in [1.807, 2.05) is 6.07 Å². The summed E-state index contributed by atoms with van der Waals surface area (Å²) in [7, 11) is 1.57. The summed E-state index contributed by atoms with van der Waals surface area (Å²) >= 11 is 6.05. The summed E-state index contributed by atoms with van der Waals surface area (Å²) in [5, 5.41) is 3.83. The summed E-state index contributed by atoms with van der Waals surface area (Å²) in [6.07, 6.45) is 0.190. The van der Waals surface area contributed by atoms with Crippen LogP contribution in [0.25, 0.3) is 0 Å². The van der Waals surface area contributed by atoms with Gasteiger partial charge in [0.05, 0.1) is 19.6 Å². The number of carbonyl (C=O) groups is 1. The fourth-order valence-electron chi connectivity index (χ4n) is 3.16. The van der Waals surface area contributed by atoms with Crippen molar-refractivity contribution >= 4 is 29.9 Å². The lowest BCUT2D eigenvalue weighted by atomic mass is 10.0. The zero-order chi connectivity index (χ0) is 17.8. The molecule has 0 aliphatic carbocycles. The van der Waals surface area contributed by atoms with E-state index in [2.05, 4.69) is 5.32 Å². The topological polar surface area (TPSA) is 41.6 Å². The molecule has 7 heteroatoms. The number of hydrogen-bond donors (Lipinski definition) is 1. The number of nitrogens with zero attached hydrogens (tertiary/aromatic N) is 1. The highest BCUT2D eigenvalue weighted by Crippen LogP contribution is 2.27. The molecule has 26 heavy (non-hydrogen) atoms. The molecule has 0 saturated carbocycles. The first-order chi connectivity index (χ1) is 12.1. The second-order valence-corrected chi connectivity index (χ2v) is 6.43. The molecular weight excluding hydrogens is 378 g/mol. The number of hydrogen-bond acceptors (Lipinski definition) is 3. The number of methoxy groups -OCH3 is 1. The minimum atomic E-state index is -0.299. The molecule has 4 nitrogen and oxygen atoms in total. The lowest BCUT2D eigenvalue weighted by Gasteiger charge is -2.36. The Kier molecular flexibility index (Phi) is 7.26. The van der Waals surface area contributed by atoms with Crippen LogP contribution in [-0.4, -0.2) is 37.6 Å². The van der Waals surface area contributed by atoms with Crippen LogP contribution in [0, 0.1) is 5.82 Å². The van der Waals surface area contributed by atoms with Gasteiger partial charge in [0.1, 0.15) is 11.6 Å². The van der Waals surface area contributed by atoms with Gasteiger partial charge >= 0.3 is 0 Å². The first-order valence-electron chi connectivity index (χ1n) is 8.16. The van der Waals surface area contributed by atoms with Crippen LogP contribution in [0.5, 0.6) is 5.75 Å². The van der Waals surface area contributed by atoms with Gasteiger partial charge in [0.15, 0.2) is 0 Å². The van der Waals surface area contributed by atoms with Crippen LogP contribution in [0.15, 0.2) is 42.5 Å². The molecule has 0 spiro atoms. The number of rotatable bonds is 4. The quantitative estimate of drug-likeness (QED) is 0.854. The van der Waals surface area contributed by atoms with E-state index in [0.29, 0.717) is 30.4 Å². The lowest BCUT2D eigenvalue weighted by molar-refractivity contribution is -0.133. The molecule has 1 unspecified atom stereocenters. The van der Waals surface area contributed by atoms with Crippen molar-refractivity contribution in [3.8, 4) is 5.75 Å². The molecule has 1 N–H and O–H groups in total. The number of amides is 1. The van der Waals surface area contributed by atoms with Crippen LogP contribution in [0.3, 0.4) is 0 Å². The molecule has 1 heterocycles. The number of nitrogens with one attached hydrogen (secondary N) is 1. The first kappa shape index (κ1) is 20.5. The maximum atomic E-state index is 13.6. The smallest absolute Gasteiger partial charge is 0.227 e. The van der Waals surface area contributed by atoms with Crippen LogP contribution >= 0.6 is 24.0 Å².